The van der Waals surface area contributed by atoms with E-state index in [1.807, 2.05) is 0 Å². The van der Waals surface area contributed by atoms with Gasteiger partial charge in [0, 0.05) is 37.8 Å². The van der Waals surface area contributed by atoms with Crippen molar-refractivity contribution < 1.29 is 0 Å². The van der Waals surface area contributed by atoms with E-state index in [4.69, 9.17) is 0 Å². The molecule has 2 rings (SSSR count). The zero-order valence-electron chi connectivity index (χ0n) is 13.6. The summed E-state index contributed by atoms with van der Waals surface area (Å²) < 4.78 is 0. The lowest BCUT2D eigenvalue weighted by Gasteiger charge is -2.44. The number of likely N-dealkylation sites (N-methyl/N-ethyl adjacent to an activating group) is 1. The summed E-state index contributed by atoms with van der Waals surface area (Å²) >= 11 is 0. The van der Waals surface area contributed by atoms with Crippen LogP contribution in [0.2, 0.25) is 0 Å². The first-order valence-corrected chi connectivity index (χ1v) is 8.15. The molecule has 2 saturated heterocycles. The lowest BCUT2D eigenvalue weighted by molar-refractivity contribution is 0.0394. The topological polar surface area (TPSA) is 9.72 Å². The van der Waals surface area contributed by atoms with Crippen LogP contribution in [0.4, 0.5) is 0 Å². The third kappa shape index (κ3) is 3.93. The maximum absolute atomic E-state index is 2.71. The van der Waals surface area contributed by atoms with Crippen molar-refractivity contribution >= 4 is 0 Å². The quantitative estimate of drug-likeness (QED) is 0.775. The summed E-state index contributed by atoms with van der Waals surface area (Å²) in [5.41, 5.74) is 0. The number of rotatable bonds is 3. The van der Waals surface area contributed by atoms with Crippen LogP contribution >= 0.6 is 0 Å². The maximum atomic E-state index is 2.71. The first-order valence-electron chi connectivity index (χ1n) is 8.15. The lowest BCUT2D eigenvalue weighted by atomic mass is 9.94. The molecule has 2 atom stereocenters. The number of nitrogens with zero attached hydrogens (tertiary/aromatic N) is 3. The zero-order valence-corrected chi connectivity index (χ0v) is 13.6. The van der Waals surface area contributed by atoms with Crippen LogP contribution in [0, 0.1) is 5.92 Å². The highest BCUT2D eigenvalue weighted by molar-refractivity contribution is 4.85. The Balaban J connectivity index is 1.77. The molecule has 0 spiro atoms. The van der Waals surface area contributed by atoms with Crippen LogP contribution < -0.4 is 0 Å². The van der Waals surface area contributed by atoms with E-state index in [0.29, 0.717) is 12.1 Å². The number of piperazine rings is 1. The Kier molecular flexibility index (Phi) is 5.27. The van der Waals surface area contributed by atoms with E-state index >= 15 is 0 Å². The molecule has 19 heavy (non-hydrogen) atoms. The summed E-state index contributed by atoms with van der Waals surface area (Å²) in [6, 6.07) is 2.14. The minimum absolute atomic E-state index is 0.708. The molecule has 2 aliphatic heterocycles. The van der Waals surface area contributed by atoms with E-state index in [2.05, 4.69) is 49.4 Å². The average molecular weight is 267 g/mol. The normalized spacial score (nSPS) is 33.2. The maximum Gasteiger partial charge on any atom is 0.0195 e. The van der Waals surface area contributed by atoms with Gasteiger partial charge in [-0.15, -0.1) is 0 Å². The Morgan fingerprint density at radius 3 is 2.00 bits per heavy atom. The fourth-order valence-electron chi connectivity index (χ4n) is 3.68. The van der Waals surface area contributed by atoms with Crippen LogP contribution in [0.5, 0.6) is 0 Å². The van der Waals surface area contributed by atoms with E-state index in [1.54, 1.807) is 0 Å². The van der Waals surface area contributed by atoms with Gasteiger partial charge in [-0.1, -0.05) is 0 Å². The third-order valence-electron chi connectivity index (χ3n) is 5.33. The van der Waals surface area contributed by atoms with Gasteiger partial charge in [-0.25, -0.2) is 0 Å². The number of piperidine rings is 1. The van der Waals surface area contributed by atoms with Gasteiger partial charge >= 0.3 is 0 Å². The molecule has 0 N–H and O–H groups in total. The lowest BCUT2D eigenvalue weighted by Crippen LogP contribution is -2.56. The monoisotopic (exact) mass is 267 g/mol. The Morgan fingerprint density at radius 2 is 1.53 bits per heavy atom. The zero-order chi connectivity index (χ0) is 14.0. The predicted octanol–water partition coefficient (Wildman–Crippen LogP) is 2.13. The second-order valence-corrected chi connectivity index (χ2v) is 7.16. The van der Waals surface area contributed by atoms with Gasteiger partial charge in [-0.3, -0.25) is 9.80 Å². The second kappa shape index (κ2) is 6.55. The molecule has 2 unspecified atom stereocenters. The largest absolute Gasteiger partial charge is 0.301 e. The van der Waals surface area contributed by atoms with E-state index in [9.17, 15) is 0 Å². The SMILES string of the molecule is CC(C)N1CCC(CN2CC(C)N(C)C(C)C2)CC1. The molecular formula is C16H33N3. The highest BCUT2D eigenvalue weighted by Gasteiger charge is 2.29. The molecule has 0 bridgehead atoms. The molecule has 112 valence electrons. The Morgan fingerprint density at radius 1 is 1.00 bits per heavy atom. The summed E-state index contributed by atoms with van der Waals surface area (Å²) in [5.74, 6) is 0.929. The van der Waals surface area contributed by atoms with E-state index in [1.165, 1.54) is 45.6 Å². The molecule has 2 heterocycles. The summed E-state index contributed by atoms with van der Waals surface area (Å²) in [5, 5.41) is 0. The predicted molar refractivity (Wildman–Crippen MR) is 82.6 cm³/mol. The molecule has 2 fully saturated rings. The highest BCUT2D eigenvalue weighted by atomic mass is 15.3. The second-order valence-electron chi connectivity index (χ2n) is 7.16. The number of hydrogen-bond donors (Lipinski definition) is 0. The number of likely N-dealkylation sites (tertiary alicyclic amines) is 1. The van der Waals surface area contributed by atoms with Gasteiger partial charge in [0.2, 0.25) is 0 Å². The summed E-state index contributed by atoms with van der Waals surface area (Å²) in [7, 11) is 2.27. The summed E-state index contributed by atoms with van der Waals surface area (Å²) in [4.78, 5) is 7.87. The van der Waals surface area contributed by atoms with E-state index in [-0.39, 0.29) is 0 Å². The molecule has 0 aromatic carbocycles. The smallest absolute Gasteiger partial charge is 0.0195 e. The van der Waals surface area contributed by atoms with Crippen molar-refractivity contribution in [2.45, 2.75) is 58.7 Å². The van der Waals surface area contributed by atoms with Crippen molar-refractivity contribution in [1.29, 1.82) is 0 Å². The van der Waals surface area contributed by atoms with Gasteiger partial charge in [0.05, 0.1) is 0 Å². The Bertz CT molecular complexity index is 259. The van der Waals surface area contributed by atoms with Crippen LogP contribution in [0.3, 0.4) is 0 Å². The van der Waals surface area contributed by atoms with Gasteiger partial charge in [0.15, 0.2) is 0 Å². The van der Waals surface area contributed by atoms with Crippen molar-refractivity contribution in [2.75, 3.05) is 39.8 Å². The number of hydrogen-bond acceptors (Lipinski definition) is 3. The molecule has 0 aromatic rings. The standard InChI is InChI=1S/C16H33N3/c1-13(2)19-8-6-16(7-9-19)12-18-10-14(3)17(5)15(4)11-18/h13-16H,6-12H2,1-5H3. The summed E-state index contributed by atoms with van der Waals surface area (Å²) in [6.07, 6.45) is 2.79. The first-order chi connectivity index (χ1) is 8.97. The van der Waals surface area contributed by atoms with Gasteiger partial charge in [0.1, 0.15) is 0 Å². The van der Waals surface area contributed by atoms with E-state index in [0.717, 1.165) is 12.0 Å². The summed E-state index contributed by atoms with van der Waals surface area (Å²) in [6.45, 7) is 15.8. The van der Waals surface area contributed by atoms with Crippen LogP contribution in [0.15, 0.2) is 0 Å². The van der Waals surface area contributed by atoms with Crippen LogP contribution in [-0.2, 0) is 0 Å². The molecule has 0 aromatic heterocycles. The first kappa shape index (κ1) is 15.3. The van der Waals surface area contributed by atoms with Gasteiger partial charge in [-0.05, 0) is 66.6 Å². The van der Waals surface area contributed by atoms with Gasteiger partial charge < -0.3 is 4.90 Å². The molecule has 0 saturated carbocycles. The molecule has 3 heteroatoms. The fourth-order valence-corrected chi connectivity index (χ4v) is 3.68. The van der Waals surface area contributed by atoms with Gasteiger partial charge in [-0.2, -0.15) is 0 Å². The molecule has 3 nitrogen and oxygen atoms in total. The molecule has 2 aliphatic rings. The van der Waals surface area contributed by atoms with Gasteiger partial charge in [0.25, 0.3) is 0 Å². The van der Waals surface area contributed by atoms with Crippen molar-refractivity contribution in [1.82, 2.24) is 14.7 Å². The fraction of sp³-hybridized carbons (Fsp3) is 1.00. The van der Waals surface area contributed by atoms with Crippen molar-refractivity contribution in [3.63, 3.8) is 0 Å². The van der Waals surface area contributed by atoms with Crippen LogP contribution in [0.25, 0.3) is 0 Å². The minimum atomic E-state index is 0.708. The minimum Gasteiger partial charge on any atom is -0.301 e. The van der Waals surface area contributed by atoms with Crippen molar-refractivity contribution in [2.24, 2.45) is 5.92 Å². The highest BCUT2D eigenvalue weighted by Crippen LogP contribution is 2.22. The van der Waals surface area contributed by atoms with Crippen molar-refractivity contribution in [3.8, 4) is 0 Å². The molecule has 0 amide bonds. The van der Waals surface area contributed by atoms with E-state index < -0.39 is 0 Å². The molecular weight excluding hydrogens is 234 g/mol. The average Bonchev–Trinajstić information content (AvgIpc) is 2.36. The third-order valence-corrected chi connectivity index (χ3v) is 5.33. The van der Waals surface area contributed by atoms with Crippen LogP contribution in [0.1, 0.15) is 40.5 Å². The Labute approximate surface area is 119 Å². The molecule has 0 aliphatic carbocycles. The van der Waals surface area contributed by atoms with Crippen molar-refractivity contribution in [3.05, 3.63) is 0 Å². The van der Waals surface area contributed by atoms with Crippen LogP contribution in [-0.4, -0.2) is 72.6 Å². The molecule has 0 radical (unpaired) electrons. The Hall–Kier alpha value is -0.120.